The average molecular weight is 196 g/mol. The van der Waals surface area contributed by atoms with Crippen LogP contribution < -0.4 is 10.6 Å². The summed E-state index contributed by atoms with van der Waals surface area (Å²) < 4.78 is 0. The normalized spacial score (nSPS) is 10.0. The van der Waals surface area contributed by atoms with Crippen LogP contribution in [0.1, 0.15) is 0 Å². The highest BCUT2D eigenvalue weighted by molar-refractivity contribution is 7.98. The van der Waals surface area contributed by atoms with Gasteiger partial charge in [-0.25, -0.2) is 0 Å². The molecule has 0 saturated carbocycles. The zero-order valence-corrected chi connectivity index (χ0v) is 8.97. The summed E-state index contributed by atoms with van der Waals surface area (Å²) in [6, 6.07) is 7.97. The Bertz CT molecular complexity index is 246. The van der Waals surface area contributed by atoms with Crippen molar-refractivity contribution in [2.45, 2.75) is 0 Å². The molecule has 0 spiro atoms. The van der Waals surface area contributed by atoms with E-state index in [2.05, 4.69) is 30.3 Å². The maximum absolute atomic E-state index is 5.60. The van der Waals surface area contributed by atoms with Crippen LogP contribution in [0.15, 0.2) is 24.3 Å². The van der Waals surface area contributed by atoms with Gasteiger partial charge in [0.2, 0.25) is 0 Å². The number of nitrogens with zero attached hydrogens (tertiary/aromatic N) is 1. The molecule has 72 valence electrons. The lowest BCUT2D eigenvalue weighted by molar-refractivity contribution is 0.978. The van der Waals surface area contributed by atoms with Gasteiger partial charge in [0.15, 0.2) is 0 Å². The van der Waals surface area contributed by atoms with E-state index in [1.807, 2.05) is 23.9 Å². The van der Waals surface area contributed by atoms with Crippen LogP contribution in [0.4, 0.5) is 11.4 Å². The van der Waals surface area contributed by atoms with E-state index in [9.17, 15) is 0 Å². The van der Waals surface area contributed by atoms with E-state index < -0.39 is 0 Å². The first-order valence-electron chi connectivity index (χ1n) is 4.29. The van der Waals surface area contributed by atoms with Crippen LogP contribution in [0.3, 0.4) is 0 Å². The monoisotopic (exact) mass is 196 g/mol. The first-order valence-corrected chi connectivity index (χ1v) is 5.69. The summed E-state index contributed by atoms with van der Waals surface area (Å²) in [6.45, 7) is 1.07. The molecule has 0 amide bonds. The molecule has 1 aromatic carbocycles. The van der Waals surface area contributed by atoms with Crippen molar-refractivity contribution >= 4 is 23.1 Å². The maximum Gasteiger partial charge on any atom is 0.0365 e. The predicted octanol–water partition coefficient (Wildman–Crippen LogP) is 2.07. The third kappa shape index (κ3) is 3.19. The number of benzene rings is 1. The topological polar surface area (TPSA) is 29.3 Å². The van der Waals surface area contributed by atoms with Crippen LogP contribution in [0.5, 0.6) is 0 Å². The van der Waals surface area contributed by atoms with Crippen LogP contribution in [-0.2, 0) is 0 Å². The quantitative estimate of drug-likeness (QED) is 0.747. The van der Waals surface area contributed by atoms with E-state index in [0.717, 1.165) is 18.0 Å². The van der Waals surface area contributed by atoms with Gasteiger partial charge >= 0.3 is 0 Å². The van der Waals surface area contributed by atoms with Crippen molar-refractivity contribution in [1.82, 2.24) is 0 Å². The van der Waals surface area contributed by atoms with Gasteiger partial charge in [-0.1, -0.05) is 0 Å². The highest BCUT2D eigenvalue weighted by Gasteiger charge is 1.98. The van der Waals surface area contributed by atoms with E-state index in [-0.39, 0.29) is 0 Å². The van der Waals surface area contributed by atoms with Gasteiger partial charge in [-0.15, -0.1) is 0 Å². The third-order valence-electron chi connectivity index (χ3n) is 1.96. The van der Waals surface area contributed by atoms with Gasteiger partial charge < -0.3 is 10.6 Å². The molecule has 0 heterocycles. The van der Waals surface area contributed by atoms with Crippen molar-refractivity contribution in [2.24, 2.45) is 0 Å². The van der Waals surface area contributed by atoms with Crippen molar-refractivity contribution in [1.29, 1.82) is 0 Å². The Labute approximate surface area is 84.1 Å². The Hall–Kier alpha value is -0.830. The van der Waals surface area contributed by atoms with E-state index in [0.29, 0.717) is 0 Å². The number of thioether (sulfide) groups is 1. The van der Waals surface area contributed by atoms with Crippen molar-refractivity contribution < 1.29 is 0 Å². The molecule has 0 atom stereocenters. The fraction of sp³-hybridized carbons (Fsp3) is 0.400. The number of hydrogen-bond donors (Lipinski definition) is 1. The molecule has 3 heteroatoms. The Morgan fingerprint density at radius 3 is 2.46 bits per heavy atom. The second-order valence-electron chi connectivity index (χ2n) is 3.01. The average Bonchev–Trinajstić information content (AvgIpc) is 2.15. The zero-order valence-electron chi connectivity index (χ0n) is 8.16. The summed E-state index contributed by atoms with van der Waals surface area (Å²) in [7, 11) is 2.10. The van der Waals surface area contributed by atoms with Crippen LogP contribution in [0.2, 0.25) is 0 Å². The molecule has 2 N–H and O–H groups in total. The Balaban J connectivity index is 2.55. The maximum atomic E-state index is 5.60. The fourth-order valence-electron chi connectivity index (χ4n) is 1.09. The molecule has 0 radical (unpaired) electrons. The highest BCUT2D eigenvalue weighted by atomic mass is 32.2. The molecule has 2 nitrogen and oxygen atoms in total. The van der Waals surface area contributed by atoms with Crippen LogP contribution >= 0.6 is 11.8 Å². The summed E-state index contributed by atoms with van der Waals surface area (Å²) >= 11 is 1.86. The van der Waals surface area contributed by atoms with Crippen molar-refractivity contribution in [3.05, 3.63) is 24.3 Å². The molecule has 1 rings (SSSR count). The SMILES string of the molecule is CSCCN(C)c1ccc(N)cc1. The molecular formula is C10H16N2S. The zero-order chi connectivity index (χ0) is 9.68. The minimum Gasteiger partial charge on any atom is -0.399 e. The minimum absolute atomic E-state index is 0.821. The molecule has 1 aromatic rings. The van der Waals surface area contributed by atoms with Crippen LogP contribution in [-0.4, -0.2) is 25.6 Å². The minimum atomic E-state index is 0.821. The summed E-state index contributed by atoms with van der Waals surface area (Å²) in [4.78, 5) is 2.23. The first-order chi connectivity index (χ1) is 6.24. The van der Waals surface area contributed by atoms with E-state index in [1.54, 1.807) is 0 Å². The Morgan fingerprint density at radius 1 is 1.31 bits per heavy atom. The predicted molar refractivity (Wildman–Crippen MR) is 62.5 cm³/mol. The molecule has 0 aromatic heterocycles. The molecule has 0 fully saturated rings. The van der Waals surface area contributed by atoms with Crippen LogP contribution in [0.25, 0.3) is 0 Å². The lowest BCUT2D eigenvalue weighted by Gasteiger charge is -2.18. The summed E-state index contributed by atoms with van der Waals surface area (Å²) in [6.07, 6.45) is 2.12. The van der Waals surface area contributed by atoms with Gasteiger partial charge in [0, 0.05) is 30.7 Å². The van der Waals surface area contributed by atoms with Gasteiger partial charge in [-0.3, -0.25) is 0 Å². The second kappa shape index (κ2) is 5.02. The molecule has 0 saturated heterocycles. The number of nitrogen functional groups attached to an aromatic ring is 1. The van der Waals surface area contributed by atoms with Gasteiger partial charge in [-0.2, -0.15) is 11.8 Å². The number of nitrogens with two attached hydrogens (primary N) is 1. The van der Waals surface area contributed by atoms with E-state index >= 15 is 0 Å². The highest BCUT2D eigenvalue weighted by Crippen LogP contribution is 2.14. The van der Waals surface area contributed by atoms with Gasteiger partial charge in [0.05, 0.1) is 0 Å². The van der Waals surface area contributed by atoms with Gasteiger partial charge in [0.1, 0.15) is 0 Å². The van der Waals surface area contributed by atoms with Gasteiger partial charge in [0.25, 0.3) is 0 Å². The van der Waals surface area contributed by atoms with Crippen molar-refractivity contribution in [3.63, 3.8) is 0 Å². The molecule has 0 aliphatic heterocycles. The summed E-state index contributed by atoms with van der Waals surface area (Å²) in [5.74, 6) is 1.15. The summed E-state index contributed by atoms with van der Waals surface area (Å²) in [5.41, 5.74) is 7.65. The number of hydrogen-bond acceptors (Lipinski definition) is 3. The molecular weight excluding hydrogens is 180 g/mol. The van der Waals surface area contributed by atoms with E-state index in [1.165, 1.54) is 5.69 Å². The second-order valence-corrected chi connectivity index (χ2v) is 3.99. The first kappa shape index (κ1) is 10.3. The molecule has 0 unspecified atom stereocenters. The third-order valence-corrected chi connectivity index (χ3v) is 2.56. The smallest absolute Gasteiger partial charge is 0.0365 e. The standard InChI is InChI=1S/C10H16N2S/c1-12(7-8-13-2)10-5-3-9(11)4-6-10/h3-6H,7-8,11H2,1-2H3. The number of anilines is 2. The summed E-state index contributed by atoms with van der Waals surface area (Å²) in [5, 5.41) is 0. The van der Waals surface area contributed by atoms with Crippen molar-refractivity contribution in [3.8, 4) is 0 Å². The van der Waals surface area contributed by atoms with Crippen molar-refractivity contribution in [2.75, 3.05) is 36.2 Å². The molecule has 0 aliphatic rings. The van der Waals surface area contributed by atoms with E-state index in [4.69, 9.17) is 5.73 Å². The lowest BCUT2D eigenvalue weighted by Crippen LogP contribution is -2.19. The van der Waals surface area contributed by atoms with Gasteiger partial charge in [-0.05, 0) is 30.5 Å². The largest absolute Gasteiger partial charge is 0.399 e. The fourth-order valence-corrected chi connectivity index (χ4v) is 1.54. The molecule has 13 heavy (non-hydrogen) atoms. The Kier molecular flexibility index (Phi) is 3.96. The Morgan fingerprint density at radius 2 is 1.92 bits per heavy atom. The number of rotatable bonds is 4. The van der Waals surface area contributed by atoms with Crippen LogP contribution in [0, 0.1) is 0 Å². The molecule has 0 bridgehead atoms. The molecule has 0 aliphatic carbocycles. The lowest BCUT2D eigenvalue weighted by atomic mass is 10.2.